The number of likely N-dealkylation sites (tertiary alicyclic amines) is 1. The monoisotopic (exact) mass is 477 g/mol. The third-order valence-electron chi connectivity index (χ3n) is 5.57. The SMILES string of the molecule is COc1ccc(C2/C(=C(/O)c3cccc(OCC(C)C)c3)C(=O)C(=O)N2Cc2cccs2)cc1. The lowest BCUT2D eigenvalue weighted by Crippen LogP contribution is -2.28. The molecule has 4 rings (SSSR count). The first-order valence-corrected chi connectivity index (χ1v) is 11.9. The molecule has 176 valence electrons. The molecule has 7 heteroatoms. The number of Topliss-reactive ketones (excluding diaryl/α,β-unsaturated/α-hetero) is 1. The number of amides is 1. The van der Waals surface area contributed by atoms with Gasteiger partial charge in [0.1, 0.15) is 17.3 Å². The lowest BCUT2D eigenvalue weighted by molar-refractivity contribution is -0.140. The summed E-state index contributed by atoms with van der Waals surface area (Å²) < 4.78 is 11.1. The molecule has 1 unspecified atom stereocenters. The van der Waals surface area contributed by atoms with E-state index in [9.17, 15) is 14.7 Å². The Hall–Kier alpha value is -3.58. The second kappa shape index (κ2) is 10.1. The second-order valence-corrected chi connectivity index (χ2v) is 9.54. The smallest absolute Gasteiger partial charge is 0.295 e. The number of ketones is 1. The van der Waals surface area contributed by atoms with Crippen LogP contribution in [0.25, 0.3) is 5.76 Å². The molecule has 1 amide bonds. The average molecular weight is 478 g/mol. The molecule has 1 aromatic heterocycles. The number of thiophene rings is 1. The number of carbonyl (C=O) groups excluding carboxylic acids is 2. The number of methoxy groups -OCH3 is 1. The van der Waals surface area contributed by atoms with Crippen LogP contribution in [0, 0.1) is 5.92 Å². The summed E-state index contributed by atoms with van der Waals surface area (Å²) in [7, 11) is 1.58. The van der Waals surface area contributed by atoms with Crippen molar-refractivity contribution in [2.45, 2.75) is 26.4 Å². The van der Waals surface area contributed by atoms with Crippen molar-refractivity contribution in [1.29, 1.82) is 0 Å². The van der Waals surface area contributed by atoms with Crippen molar-refractivity contribution >= 4 is 28.8 Å². The van der Waals surface area contributed by atoms with Gasteiger partial charge in [-0.05, 0) is 47.2 Å². The van der Waals surface area contributed by atoms with Crippen molar-refractivity contribution < 1.29 is 24.2 Å². The van der Waals surface area contributed by atoms with E-state index in [1.165, 1.54) is 16.2 Å². The van der Waals surface area contributed by atoms with E-state index >= 15 is 0 Å². The summed E-state index contributed by atoms with van der Waals surface area (Å²) in [5, 5.41) is 13.2. The maximum Gasteiger partial charge on any atom is 0.295 e. The van der Waals surface area contributed by atoms with Crippen LogP contribution in [0.15, 0.2) is 71.6 Å². The predicted octanol–water partition coefficient (Wildman–Crippen LogP) is 5.41. The van der Waals surface area contributed by atoms with E-state index in [1.807, 2.05) is 43.5 Å². The van der Waals surface area contributed by atoms with E-state index in [0.717, 1.165) is 4.88 Å². The van der Waals surface area contributed by atoms with Gasteiger partial charge in [-0.3, -0.25) is 9.59 Å². The van der Waals surface area contributed by atoms with Gasteiger partial charge in [-0.2, -0.15) is 0 Å². The van der Waals surface area contributed by atoms with E-state index < -0.39 is 17.7 Å². The van der Waals surface area contributed by atoms with E-state index in [4.69, 9.17) is 9.47 Å². The highest BCUT2D eigenvalue weighted by molar-refractivity contribution is 7.09. The number of hydrogen-bond donors (Lipinski definition) is 1. The highest BCUT2D eigenvalue weighted by Gasteiger charge is 2.46. The molecule has 0 aliphatic carbocycles. The van der Waals surface area contributed by atoms with E-state index in [2.05, 4.69) is 0 Å². The van der Waals surface area contributed by atoms with Crippen LogP contribution in [0.2, 0.25) is 0 Å². The summed E-state index contributed by atoms with van der Waals surface area (Å²) in [6, 6.07) is 17.2. The quantitative estimate of drug-likeness (QED) is 0.267. The molecule has 1 fully saturated rings. The number of ether oxygens (including phenoxy) is 2. The number of carbonyl (C=O) groups is 2. The average Bonchev–Trinajstić information content (AvgIpc) is 3.45. The Bertz CT molecular complexity index is 1200. The van der Waals surface area contributed by atoms with Crippen molar-refractivity contribution in [1.82, 2.24) is 4.90 Å². The van der Waals surface area contributed by atoms with Crippen LogP contribution in [-0.4, -0.2) is 35.4 Å². The number of aliphatic hydroxyl groups is 1. The third kappa shape index (κ3) is 4.84. The van der Waals surface area contributed by atoms with Crippen molar-refractivity contribution in [3.05, 3.63) is 87.6 Å². The number of nitrogens with zero attached hydrogens (tertiary/aromatic N) is 1. The maximum atomic E-state index is 13.2. The Morgan fingerprint density at radius 1 is 1.06 bits per heavy atom. The predicted molar refractivity (Wildman–Crippen MR) is 132 cm³/mol. The van der Waals surface area contributed by atoms with Crippen LogP contribution in [0.3, 0.4) is 0 Å². The molecule has 2 aromatic carbocycles. The third-order valence-corrected chi connectivity index (χ3v) is 6.43. The fraction of sp³-hybridized carbons (Fsp3) is 0.259. The van der Waals surface area contributed by atoms with Gasteiger partial charge in [-0.25, -0.2) is 0 Å². The Morgan fingerprint density at radius 3 is 2.47 bits per heavy atom. The molecule has 1 N–H and O–H groups in total. The topological polar surface area (TPSA) is 76.1 Å². The Kier molecular flexibility index (Phi) is 7.03. The summed E-state index contributed by atoms with van der Waals surface area (Å²) in [6.45, 7) is 4.90. The lowest BCUT2D eigenvalue weighted by Gasteiger charge is -2.25. The molecule has 6 nitrogen and oxygen atoms in total. The zero-order valence-corrected chi connectivity index (χ0v) is 20.2. The molecule has 0 saturated carbocycles. The summed E-state index contributed by atoms with van der Waals surface area (Å²) in [5.74, 6) is 0.0321. The molecule has 3 aromatic rings. The number of benzene rings is 2. The molecular weight excluding hydrogens is 450 g/mol. The van der Waals surface area contributed by atoms with Crippen LogP contribution in [0.1, 0.15) is 35.9 Å². The summed E-state index contributed by atoms with van der Waals surface area (Å²) >= 11 is 1.51. The minimum atomic E-state index is -0.728. The molecule has 1 atom stereocenters. The van der Waals surface area contributed by atoms with Crippen LogP contribution in [0.4, 0.5) is 0 Å². The molecule has 34 heavy (non-hydrogen) atoms. The highest BCUT2D eigenvalue weighted by Crippen LogP contribution is 2.41. The van der Waals surface area contributed by atoms with Gasteiger partial charge in [0, 0.05) is 10.4 Å². The van der Waals surface area contributed by atoms with Gasteiger partial charge in [-0.1, -0.05) is 44.2 Å². The Morgan fingerprint density at radius 2 is 1.82 bits per heavy atom. The minimum absolute atomic E-state index is 0.0627. The minimum Gasteiger partial charge on any atom is -0.507 e. The Labute approximate surface area is 203 Å². The molecule has 1 aliphatic heterocycles. The molecular formula is C27H27NO5S. The first-order chi connectivity index (χ1) is 16.4. The zero-order chi connectivity index (χ0) is 24.2. The first kappa shape index (κ1) is 23.6. The standard InChI is InChI=1S/C27H27NO5S/c1-17(2)16-33-21-7-4-6-19(14-21)25(29)23-24(18-9-11-20(32-3)12-10-18)28(27(31)26(23)30)15-22-8-5-13-34-22/h4-14,17,24,29H,15-16H2,1-3H3/b25-23-. The van der Waals surface area contributed by atoms with Crippen molar-refractivity contribution in [2.75, 3.05) is 13.7 Å². The first-order valence-electron chi connectivity index (χ1n) is 11.1. The van der Waals surface area contributed by atoms with Crippen LogP contribution < -0.4 is 9.47 Å². The number of hydrogen-bond acceptors (Lipinski definition) is 6. The van der Waals surface area contributed by atoms with Gasteiger partial charge < -0.3 is 19.5 Å². The number of aliphatic hydroxyl groups excluding tert-OH is 1. The van der Waals surface area contributed by atoms with Gasteiger partial charge in [0.2, 0.25) is 0 Å². The van der Waals surface area contributed by atoms with Crippen molar-refractivity contribution in [2.24, 2.45) is 5.92 Å². The normalized spacial score (nSPS) is 17.4. The van der Waals surface area contributed by atoms with Gasteiger partial charge in [0.25, 0.3) is 11.7 Å². The van der Waals surface area contributed by atoms with Gasteiger partial charge in [-0.15, -0.1) is 11.3 Å². The molecule has 1 saturated heterocycles. The van der Waals surface area contributed by atoms with Crippen molar-refractivity contribution in [3.8, 4) is 11.5 Å². The summed E-state index contributed by atoms with van der Waals surface area (Å²) in [6.07, 6.45) is 0. The van der Waals surface area contributed by atoms with E-state index in [1.54, 1.807) is 43.5 Å². The zero-order valence-electron chi connectivity index (χ0n) is 19.4. The molecule has 0 spiro atoms. The van der Waals surface area contributed by atoms with Crippen molar-refractivity contribution in [3.63, 3.8) is 0 Å². The van der Waals surface area contributed by atoms with Crippen LogP contribution >= 0.6 is 11.3 Å². The van der Waals surface area contributed by atoms with Gasteiger partial charge >= 0.3 is 0 Å². The Balaban J connectivity index is 1.79. The fourth-order valence-electron chi connectivity index (χ4n) is 3.90. The molecule has 0 radical (unpaired) electrons. The second-order valence-electron chi connectivity index (χ2n) is 8.51. The fourth-order valence-corrected chi connectivity index (χ4v) is 4.60. The van der Waals surface area contributed by atoms with E-state index in [-0.39, 0.29) is 17.9 Å². The molecule has 2 heterocycles. The maximum absolute atomic E-state index is 13.2. The van der Waals surface area contributed by atoms with E-state index in [0.29, 0.717) is 35.2 Å². The largest absolute Gasteiger partial charge is 0.507 e. The van der Waals surface area contributed by atoms with Gasteiger partial charge in [0.15, 0.2) is 0 Å². The van der Waals surface area contributed by atoms with Crippen LogP contribution in [-0.2, 0) is 16.1 Å². The summed E-state index contributed by atoms with van der Waals surface area (Å²) in [5.41, 5.74) is 1.20. The number of rotatable bonds is 8. The summed E-state index contributed by atoms with van der Waals surface area (Å²) in [4.78, 5) is 28.8. The molecule has 1 aliphatic rings. The van der Waals surface area contributed by atoms with Gasteiger partial charge in [0.05, 0.1) is 31.9 Å². The molecule has 0 bridgehead atoms. The lowest BCUT2D eigenvalue weighted by atomic mass is 9.95. The van der Waals surface area contributed by atoms with Crippen LogP contribution in [0.5, 0.6) is 11.5 Å². The highest BCUT2D eigenvalue weighted by atomic mass is 32.1.